The predicted octanol–water partition coefficient (Wildman–Crippen LogP) is 2.82. The Balaban J connectivity index is 2.22. The van der Waals surface area contributed by atoms with E-state index in [1.54, 1.807) is 31.0 Å². The van der Waals surface area contributed by atoms with Crippen molar-refractivity contribution < 1.29 is 4.79 Å². The molecule has 1 amide bonds. The van der Waals surface area contributed by atoms with Crippen LogP contribution >= 0.6 is 11.8 Å². The van der Waals surface area contributed by atoms with Gasteiger partial charge in [0.2, 0.25) is 5.91 Å². The minimum Gasteiger partial charge on any atom is -0.405 e. The second-order valence-electron chi connectivity index (χ2n) is 6.27. The molecule has 1 saturated carbocycles. The quantitative estimate of drug-likeness (QED) is 0.683. The molecule has 1 fully saturated rings. The maximum absolute atomic E-state index is 12.2. The molecule has 1 heterocycles. The van der Waals surface area contributed by atoms with Gasteiger partial charge in [0, 0.05) is 30.1 Å². The van der Waals surface area contributed by atoms with Gasteiger partial charge in [-0.25, -0.2) is 0 Å². The predicted molar refractivity (Wildman–Crippen MR) is 103 cm³/mol. The zero-order valence-electron chi connectivity index (χ0n) is 14.5. The number of carbonyl (C=O) groups excluding carboxylic acids is 1. The molecule has 1 atom stereocenters. The Hall–Kier alpha value is -1.69. The van der Waals surface area contributed by atoms with E-state index in [0.717, 1.165) is 34.9 Å². The first-order chi connectivity index (χ1) is 11.6. The number of carbonyl (C=O) groups is 1. The number of hydrogen-bond donors (Lipinski definition) is 3. The van der Waals surface area contributed by atoms with E-state index in [1.807, 2.05) is 6.92 Å². The van der Waals surface area contributed by atoms with Crippen molar-refractivity contribution in [3.8, 4) is 0 Å². The van der Waals surface area contributed by atoms with Crippen LogP contribution in [0.5, 0.6) is 0 Å². The fraction of sp³-hybridized carbons (Fsp3) is 0.556. The minimum absolute atomic E-state index is 0.0488. The van der Waals surface area contributed by atoms with Crippen molar-refractivity contribution in [1.82, 2.24) is 10.6 Å². The number of nitrogens with zero attached hydrogens (tertiary/aromatic N) is 1. The fourth-order valence-electron chi connectivity index (χ4n) is 2.97. The van der Waals surface area contributed by atoms with Crippen molar-refractivity contribution in [2.75, 3.05) is 7.05 Å². The third kappa shape index (κ3) is 5.74. The van der Waals surface area contributed by atoms with E-state index in [9.17, 15) is 4.79 Å². The van der Waals surface area contributed by atoms with Crippen molar-refractivity contribution in [2.24, 2.45) is 10.7 Å². The lowest BCUT2D eigenvalue weighted by Crippen LogP contribution is -2.33. The van der Waals surface area contributed by atoms with Crippen LogP contribution in [0.15, 0.2) is 39.4 Å². The van der Waals surface area contributed by atoms with Gasteiger partial charge in [-0.05, 0) is 38.5 Å². The average Bonchev–Trinajstić information content (AvgIpc) is 2.63. The van der Waals surface area contributed by atoms with E-state index in [-0.39, 0.29) is 11.9 Å². The molecule has 6 heteroatoms. The second-order valence-corrected chi connectivity index (χ2v) is 7.36. The zero-order valence-corrected chi connectivity index (χ0v) is 15.4. The molecule has 2 rings (SSSR count). The maximum Gasteiger partial charge on any atom is 0.246 e. The number of thioether (sulfide) groups is 1. The third-order valence-electron chi connectivity index (χ3n) is 4.23. The Bertz CT molecular complexity index is 559. The van der Waals surface area contributed by atoms with E-state index in [2.05, 4.69) is 21.7 Å². The molecule has 24 heavy (non-hydrogen) atoms. The molecular weight excluding hydrogens is 320 g/mol. The summed E-state index contributed by atoms with van der Waals surface area (Å²) in [5, 5.41) is 7.45. The van der Waals surface area contributed by atoms with Crippen LogP contribution < -0.4 is 16.4 Å². The molecule has 0 saturated heterocycles. The number of amides is 1. The Labute approximate surface area is 148 Å². The van der Waals surface area contributed by atoms with Crippen molar-refractivity contribution in [3.63, 3.8) is 0 Å². The van der Waals surface area contributed by atoms with Crippen LogP contribution in [0.3, 0.4) is 0 Å². The van der Waals surface area contributed by atoms with Gasteiger partial charge in [0.05, 0.1) is 10.7 Å². The fourth-order valence-corrected chi connectivity index (χ4v) is 4.04. The molecule has 0 aromatic heterocycles. The largest absolute Gasteiger partial charge is 0.405 e. The topological polar surface area (TPSA) is 79.5 Å². The highest BCUT2D eigenvalue weighted by Crippen LogP contribution is 2.29. The third-order valence-corrected chi connectivity index (χ3v) is 5.28. The van der Waals surface area contributed by atoms with Crippen LogP contribution in [0, 0.1) is 0 Å². The normalized spacial score (nSPS) is 28.8. The van der Waals surface area contributed by atoms with Crippen LogP contribution in [-0.4, -0.2) is 30.8 Å². The highest BCUT2D eigenvalue weighted by Gasteiger charge is 2.19. The van der Waals surface area contributed by atoms with Gasteiger partial charge in [0.1, 0.15) is 0 Å². The second kappa shape index (κ2) is 9.57. The summed E-state index contributed by atoms with van der Waals surface area (Å²) in [4.78, 5) is 17.5. The highest BCUT2D eigenvalue weighted by atomic mass is 32.2. The molecule has 1 aliphatic heterocycles. The molecule has 4 N–H and O–H groups in total. The summed E-state index contributed by atoms with van der Waals surface area (Å²) in [6.45, 7) is 2.01. The molecule has 0 aromatic rings. The highest BCUT2D eigenvalue weighted by molar-refractivity contribution is 8.07. The van der Waals surface area contributed by atoms with Crippen molar-refractivity contribution >= 4 is 23.4 Å². The summed E-state index contributed by atoms with van der Waals surface area (Å²) < 4.78 is 0. The van der Waals surface area contributed by atoms with Crippen molar-refractivity contribution in [1.29, 1.82) is 0 Å². The number of nitrogens with two attached hydrogens (primary N) is 1. The molecule has 2 aliphatic rings. The Morgan fingerprint density at radius 2 is 2.17 bits per heavy atom. The monoisotopic (exact) mass is 348 g/mol. The SMILES string of the molecule is CN=C(/C=C\N)/C1=C\C[C@@H](C)NC(=O)/C=C(\NC2CCCCC2)S1. The maximum atomic E-state index is 12.2. The lowest BCUT2D eigenvalue weighted by molar-refractivity contribution is -0.117. The van der Waals surface area contributed by atoms with Crippen molar-refractivity contribution in [2.45, 2.75) is 57.5 Å². The number of allylic oxidation sites excluding steroid dienone is 2. The molecule has 0 spiro atoms. The van der Waals surface area contributed by atoms with Crippen LogP contribution in [0.2, 0.25) is 0 Å². The van der Waals surface area contributed by atoms with Crippen LogP contribution in [0.1, 0.15) is 45.4 Å². The number of nitrogens with one attached hydrogen (secondary N) is 2. The summed E-state index contributed by atoms with van der Waals surface area (Å²) in [7, 11) is 1.76. The zero-order chi connectivity index (χ0) is 17.4. The smallest absolute Gasteiger partial charge is 0.246 e. The van der Waals surface area contributed by atoms with Gasteiger partial charge in [-0.2, -0.15) is 0 Å². The first-order valence-electron chi connectivity index (χ1n) is 8.64. The first kappa shape index (κ1) is 18.6. The van der Waals surface area contributed by atoms with Crippen molar-refractivity contribution in [3.05, 3.63) is 34.4 Å². The Morgan fingerprint density at radius 3 is 2.83 bits per heavy atom. The summed E-state index contributed by atoms with van der Waals surface area (Å²) >= 11 is 1.56. The molecular formula is C18H28N4OS. The van der Waals surface area contributed by atoms with Gasteiger partial charge < -0.3 is 16.4 Å². The first-order valence-corrected chi connectivity index (χ1v) is 9.46. The van der Waals surface area contributed by atoms with E-state index in [0.29, 0.717) is 6.04 Å². The summed E-state index contributed by atoms with van der Waals surface area (Å²) in [6.07, 6.45) is 14.0. The molecule has 0 radical (unpaired) electrons. The minimum atomic E-state index is -0.0488. The molecule has 0 bridgehead atoms. The molecule has 1 aliphatic carbocycles. The van der Waals surface area contributed by atoms with Gasteiger partial charge in [-0.1, -0.05) is 37.1 Å². The van der Waals surface area contributed by atoms with Gasteiger partial charge in [-0.3, -0.25) is 9.79 Å². The molecule has 0 unspecified atom stereocenters. The summed E-state index contributed by atoms with van der Waals surface area (Å²) in [5.74, 6) is -0.0488. The van der Waals surface area contributed by atoms with Crippen LogP contribution in [0.25, 0.3) is 0 Å². The lowest BCUT2D eigenvalue weighted by atomic mass is 9.96. The number of aliphatic imine (C=N–C) groups is 1. The average molecular weight is 349 g/mol. The standard InChI is InChI=1S/C18H28N4OS/c1-13-8-9-16(15(20-2)10-11-19)24-18(12-17(23)21-13)22-14-6-4-3-5-7-14/h9-14,22H,3-8,19H2,1-2H3,(H,21,23)/b11-10-,16-9+,18-12+,20-15?/t13-/m1/s1. The van der Waals surface area contributed by atoms with Gasteiger partial charge in [0.25, 0.3) is 0 Å². The Kier molecular flexibility index (Phi) is 7.43. The lowest BCUT2D eigenvalue weighted by Gasteiger charge is -2.25. The van der Waals surface area contributed by atoms with E-state index in [4.69, 9.17) is 5.73 Å². The van der Waals surface area contributed by atoms with Crippen LogP contribution in [0.4, 0.5) is 0 Å². The number of rotatable bonds is 4. The van der Waals surface area contributed by atoms with Crippen LogP contribution in [-0.2, 0) is 4.79 Å². The molecule has 132 valence electrons. The Morgan fingerprint density at radius 1 is 1.42 bits per heavy atom. The van der Waals surface area contributed by atoms with Gasteiger partial charge in [0.15, 0.2) is 0 Å². The summed E-state index contributed by atoms with van der Waals surface area (Å²) in [5.41, 5.74) is 6.38. The molecule has 0 aromatic carbocycles. The van der Waals surface area contributed by atoms with E-state index >= 15 is 0 Å². The van der Waals surface area contributed by atoms with E-state index in [1.165, 1.54) is 25.5 Å². The molecule has 5 nitrogen and oxygen atoms in total. The number of hydrogen-bond acceptors (Lipinski definition) is 5. The van der Waals surface area contributed by atoms with Gasteiger partial charge >= 0.3 is 0 Å². The van der Waals surface area contributed by atoms with E-state index < -0.39 is 0 Å². The summed E-state index contributed by atoms with van der Waals surface area (Å²) in [6, 6.07) is 0.523. The van der Waals surface area contributed by atoms with Gasteiger partial charge in [-0.15, -0.1) is 0 Å².